The third-order valence-corrected chi connectivity index (χ3v) is 4.94. The average Bonchev–Trinajstić information content (AvgIpc) is 2.55. The summed E-state index contributed by atoms with van der Waals surface area (Å²) in [5.41, 5.74) is 0.614. The molecule has 0 aromatic heterocycles. The number of halogens is 1. The van der Waals surface area contributed by atoms with Crippen molar-refractivity contribution in [3.63, 3.8) is 0 Å². The Bertz CT molecular complexity index is 559. The van der Waals surface area contributed by atoms with E-state index in [9.17, 15) is 10.1 Å². The molecular weight excluding hydrogens is 354 g/mol. The van der Waals surface area contributed by atoms with Gasteiger partial charge in [0, 0.05) is 11.0 Å². The molecule has 1 aromatic rings. The predicted octanol–water partition coefficient (Wildman–Crippen LogP) is 3.27. The lowest BCUT2D eigenvalue weighted by Crippen LogP contribution is -2.51. The molecule has 1 aromatic carbocycles. The van der Waals surface area contributed by atoms with Crippen molar-refractivity contribution >= 4 is 21.8 Å². The molecule has 1 fully saturated rings. The summed E-state index contributed by atoms with van der Waals surface area (Å²) in [4.78, 5) is 14.2. The van der Waals surface area contributed by atoms with Crippen LogP contribution in [-0.4, -0.2) is 36.5 Å². The Balaban J connectivity index is 1.78. The summed E-state index contributed by atoms with van der Waals surface area (Å²) >= 11 is 3.43. The van der Waals surface area contributed by atoms with Gasteiger partial charge in [0.25, 0.3) is 0 Å². The van der Waals surface area contributed by atoms with Crippen molar-refractivity contribution in [3.05, 3.63) is 34.3 Å². The van der Waals surface area contributed by atoms with Crippen molar-refractivity contribution in [2.75, 3.05) is 20.1 Å². The van der Waals surface area contributed by atoms with E-state index in [0.29, 0.717) is 6.54 Å². The van der Waals surface area contributed by atoms with Gasteiger partial charge in [-0.2, -0.15) is 5.26 Å². The molecule has 0 aliphatic heterocycles. The largest absolute Gasteiger partial charge is 0.337 e. The number of likely N-dealkylation sites (N-methyl/N-ethyl adjacent to an activating group) is 1. The summed E-state index contributed by atoms with van der Waals surface area (Å²) in [6.45, 7) is 1.15. The number of nitriles is 1. The highest BCUT2D eigenvalue weighted by molar-refractivity contribution is 9.10. The normalized spacial score (nSPS) is 16.8. The van der Waals surface area contributed by atoms with Gasteiger partial charge in [0.1, 0.15) is 5.54 Å². The molecule has 0 spiro atoms. The van der Waals surface area contributed by atoms with E-state index in [0.717, 1.165) is 49.5 Å². The van der Waals surface area contributed by atoms with Crippen molar-refractivity contribution in [3.8, 4) is 6.07 Å². The smallest absolute Gasteiger partial charge is 0.235 e. The number of amides is 1. The molecule has 0 unspecified atom stereocenters. The summed E-state index contributed by atoms with van der Waals surface area (Å²) in [6, 6.07) is 10.6. The molecule has 5 heteroatoms. The second-order valence-electron chi connectivity index (χ2n) is 6.42. The van der Waals surface area contributed by atoms with Crippen LogP contribution < -0.4 is 5.32 Å². The first-order valence-electron chi connectivity index (χ1n) is 8.18. The van der Waals surface area contributed by atoms with E-state index in [2.05, 4.69) is 39.4 Å². The van der Waals surface area contributed by atoms with Gasteiger partial charge < -0.3 is 5.32 Å². The number of hydrogen-bond acceptors (Lipinski definition) is 3. The molecule has 2 rings (SSSR count). The van der Waals surface area contributed by atoms with Gasteiger partial charge in [0.05, 0.1) is 12.6 Å². The summed E-state index contributed by atoms with van der Waals surface area (Å²) < 4.78 is 1.07. The van der Waals surface area contributed by atoms with E-state index in [4.69, 9.17) is 0 Å². The molecule has 23 heavy (non-hydrogen) atoms. The SMILES string of the molecule is CN(CCc1ccc(Br)cc1)CC(=O)NC1(C#N)CCCCC1. The number of rotatable bonds is 6. The molecule has 4 nitrogen and oxygen atoms in total. The minimum atomic E-state index is -0.637. The zero-order chi connectivity index (χ0) is 16.7. The lowest BCUT2D eigenvalue weighted by Gasteiger charge is -2.32. The van der Waals surface area contributed by atoms with E-state index in [1.807, 2.05) is 24.1 Å². The highest BCUT2D eigenvalue weighted by atomic mass is 79.9. The topological polar surface area (TPSA) is 56.1 Å². The first kappa shape index (κ1) is 18.0. The van der Waals surface area contributed by atoms with Crippen molar-refractivity contribution in [2.24, 2.45) is 0 Å². The van der Waals surface area contributed by atoms with Crippen molar-refractivity contribution < 1.29 is 4.79 Å². The molecule has 0 heterocycles. The fraction of sp³-hybridized carbons (Fsp3) is 0.556. The van der Waals surface area contributed by atoms with Crippen LogP contribution in [0.5, 0.6) is 0 Å². The maximum atomic E-state index is 12.2. The van der Waals surface area contributed by atoms with E-state index in [1.165, 1.54) is 5.56 Å². The third-order valence-electron chi connectivity index (χ3n) is 4.41. The Morgan fingerprint density at radius 2 is 1.96 bits per heavy atom. The van der Waals surface area contributed by atoms with E-state index in [-0.39, 0.29) is 5.91 Å². The summed E-state index contributed by atoms with van der Waals surface area (Å²) in [5, 5.41) is 12.4. The number of nitrogens with one attached hydrogen (secondary N) is 1. The van der Waals surface area contributed by atoms with Crippen LogP contribution in [0.2, 0.25) is 0 Å². The third kappa shape index (κ3) is 5.63. The van der Waals surface area contributed by atoms with E-state index >= 15 is 0 Å². The number of carbonyl (C=O) groups excluding carboxylic acids is 1. The molecular formula is C18H24BrN3O. The lowest BCUT2D eigenvalue weighted by atomic mass is 9.83. The second kappa shape index (κ2) is 8.47. The van der Waals surface area contributed by atoms with E-state index in [1.54, 1.807) is 0 Å². The molecule has 1 N–H and O–H groups in total. The fourth-order valence-corrected chi connectivity index (χ4v) is 3.29. The first-order chi connectivity index (χ1) is 11.0. The Hall–Kier alpha value is -1.38. The molecule has 0 bridgehead atoms. The van der Waals surface area contributed by atoms with Crippen LogP contribution in [0.1, 0.15) is 37.7 Å². The second-order valence-corrected chi connectivity index (χ2v) is 7.33. The van der Waals surface area contributed by atoms with Crippen molar-refractivity contribution in [1.82, 2.24) is 10.2 Å². The van der Waals surface area contributed by atoms with Gasteiger partial charge in [-0.05, 0) is 44.0 Å². The quantitative estimate of drug-likeness (QED) is 0.827. The molecule has 1 saturated carbocycles. The predicted molar refractivity (Wildman–Crippen MR) is 94.9 cm³/mol. The molecule has 1 aliphatic rings. The van der Waals surface area contributed by atoms with Gasteiger partial charge in [-0.25, -0.2) is 0 Å². The summed E-state index contributed by atoms with van der Waals surface area (Å²) in [7, 11) is 1.94. The highest BCUT2D eigenvalue weighted by Gasteiger charge is 2.33. The molecule has 0 radical (unpaired) electrons. The monoisotopic (exact) mass is 377 g/mol. The maximum absolute atomic E-state index is 12.2. The zero-order valence-corrected chi connectivity index (χ0v) is 15.2. The summed E-state index contributed by atoms with van der Waals surface area (Å²) in [5.74, 6) is -0.0493. The lowest BCUT2D eigenvalue weighted by molar-refractivity contribution is -0.123. The van der Waals surface area contributed by atoms with Crippen LogP contribution in [0, 0.1) is 11.3 Å². The van der Waals surface area contributed by atoms with Gasteiger partial charge in [-0.3, -0.25) is 9.69 Å². The molecule has 0 saturated heterocycles. The molecule has 1 amide bonds. The van der Waals surface area contributed by atoms with Crippen molar-refractivity contribution in [1.29, 1.82) is 5.26 Å². The standard InChI is InChI=1S/C18H24BrN3O/c1-22(12-9-15-5-7-16(19)8-6-15)13-17(23)21-18(14-20)10-3-2-4-11-18/h5-8H,2-4,9-13H2,1H3,(H,21,23). The Morgan fingerprint density at radius 3 is 2.57 bits per heavy atom. The van der Waals surface area contributed by atoms with Crippen LogP contribution >= 0.6 is 15.9 Å². The van der Waals surface area contributed by atoms with Crippen LogP contribution in [0.4, 0.5) is 0 Å². The first-order valence-corrected chi connectivity index (χ1v) is 8.97. The van der Waals surface area contributed by atoms with Crippen LogP contribution in [-0.2, 0) is 11.2 Å². The van der Waals surface area contributed by atoms with Gasteiger partial charge in [0.2, 0.25) is 5.91 Å². The van der Waals surface area contributed by atoms with Crippen LogP contribution in [0.3, 0.4) is 0 Å². The van der Waals surface area contributed by atoms with Crippen LogP contribution in [0.15, 0.2) is 28.7 Å². The Morgan fingerprint density at radius 1 is 1.30 bits per heavy atom. The van der Waals surface area contributed by atoms with Gasteiger partial charge in [-0.1, -0.05) is 47.3 Å². The highest BCUT2D eigenvalue weighted by Crippen LogP contribution is 2.27. The van der Waals surface area contributed by atoms with Gasteiger partial charge >= 0.3 is 0 Å². The minimum Gasteiger partial charge on any atom is -0.337 e. The molecule has 1 aliphatic carbocycles. The zero-order valence-electron chi connectivity index (χ0n) is 13.6. The van der Waals surface area contributed by atoms with Gasteiger partial charge in [-0.15, -0.1) is 0 Å². The summed E-state index contributed by atoms with van der Waals surface area (Å²) in [6.07, 6.45) is 5.66. The van der Waals surface area contributed by atoms with Gasteiger partial charge in [0.15, 0.2) is 0 Å². The number of hydrogen-bond donors (Lipinski definition) is 1. The Labute approximate surface area is 147 Å². The number of benzene rings is 1. The molecule has 0 atom stereocenters. The fourth-order valence-electron chi connectivity index (χ4n) is 3.02. The van der Waals surface area contributed by atoms with Crippen LogP contribution in [0.25, 0.3) is 0 Å². The average molecular weight is 378 g/mol. The number of nitrogens with zero attached hydrogens (tertiary/aromatic N) is 2. The molecule has 124 valence electrons. The maximum Gasteiger partial charge on any atom is 0.235 e. The minimum absolute atomic E-state index is 0.0493. The van der Waals surface area contributed by atoms with Crippen molar-refractivity contribution in [2.45, 2.75) is 44.1 Å². The van der Waals surface area contributed by atoms with E-state index < -0.39 is 5.54 Å². The Kier molecular flexibility index (Phi) is 6.61. The number of carbonyl (C=O) groups is 1.